The van der Waals surface area contributed by atoms with Crippen molar-refractivity contribution in [3.63, 3.8) is 0 Å². The fraction of sp³-hybridized carbons (Fsp3) is 0.128. The van der Waals surface area contributed by atoms with E-state index in [1.165, 1.54) is 35.0 Å². The Labute approximate surface area is 291 Å². The molecule has 0 aliphatic rings. The molecule has 1 unspecified atom stereocenters. The number of halogens is 3. The molecule has 6 aromatic rings. The Morgan fingerprint density at radius 2 is 1.53 bits per heavy atom. The molecule has 0 saturated carbocycles. The van der Waals surface area contributed by atoms with Gasteiger partial charge < -0.3 is 25.6 Å². The number of amides is 2. The fourth-order valence-electron chi connectivity index (χ4n) is 5.44. The van der Waals surface area contributed by atoms with Gasteiger partial charge in [0, 0.05) is 49.0 Å². The van der Waals surface area contributed by atoms with Gasteiger partial charge >= 0.3 is 12.1 Å². The molecule has 260 valence electrons. The predicted molar refractivity (Wildman–Crippen MR) is 189 cm³/mol. The fourth-order valence-corrected chi connectivity index (χ4v) is 5.44. The number of aromatic carboxylic acids is 1. The zero-order valence-corrected chi connectivity index (χ0v) is 27.6. The normalized spacial score (nSPS) is 11.6. The average molecular weight is 694 g/mol. The van der Waals surface area contributed by atoms with Crippen LogP contribution < -0.4 is 11.1 Å². The number of carboxylic acids is 1. The molecule has 9 nitrogen and oxygen atoms in total. The number of nitrogens with zero attached hydrogens (tertiary/aromatic N) is 3. The summed E-state index contributed by atoms with van der Waals surface area (Å²) in [4.78, 5) is 42.3. The molecule has 0 fully saturated rings. The summed E-state index contributed by atoms with van der Waals surface area (Å²) in [6.07, 6.45) is -3.01. The maximum Gasteiger partial charge on any atom is 0.416 e. The van der Waals surface area contributed by atoms with Gasteiger partial charge in [-0.1, -0.05) is 72.8 Å². The van der Waals surface area contributed by atoms with E-state index in [-0.39, 0.29) is 22.9 Å². The SMILES string of the molecule is CN(Cc1ccccc1)C(=O)C(N)c1ccccc1.Cn1c(C(=O)O)cc2cc(NC(=O)c3cccnc3-c3ccc(C(F)(F)F)cc3)ccc21. The van der Waals surface area contributed by atoms with E-state index in [0.717, 1.165) is 23.3 Å². The van der Waals surface area contributed by atoms with E-state index in [1.54, 1.807) is 43.3 Å². The Balaban J connectivity index is 0.000000226. The standard InChI is InChI=1S/C23H16F3N3O3.C16H18N2O/c1-29-18-9-8-16(11-14(18)12-19(29)22(31)32)28-21(30)17-3-2-10-27-20(17)13-4-6-15(7-5-13)23(24,25)26;1-18(12-13-8-4-2-5-9-13)16(19)15(17)14-10-6-3-7-11-14/h2-12H,1H3,(H,28,30)(H,31,32);2-11,15H,12,17H2,1H3. The van der Waals surface area contributed by atoms with Crippen LogP contribution in [0.4, 0.5) is 18.9 Å². The number of hydrogen-bond donors (Lipinski definition) is 3. The first kappa shape index (κ1) is 36.0. The summed E-state index contributed by atoms with van der Waals surface area (Å²) in [6.45, 7) is 0.570. The van der Waals surface area contributed by atoms with Gasteiger partial charge in [0.25, 0.3) is 5.91 Å². The molecular weight excluding hydrogens is 659 g/mol. The molecule has 0 spiro atoms. The summed E-state index contributed by atoms with van der Waals surface area (Å²) in [6, 6.07) is 32.7. The first-order valence-electron chi connectivity index (χ1n) is 15.7. The third-order valence-electron chi connectivity index (χ3n) is 8.12. The molecule has 1 atom stereocenters. The topological polar surface area (TPSA) is 131 Å². The monoisotopic (exact) mass is 693 g/mol. The molecule has 0 bridgehead atoms. The van der Waals surface area contributed by atoms with Gasteiger partial charge in [0.05, 0.1) is 16.8 Å². The van der Waals surface area contributed by atoms with Gasteiger partial charge in [-0.25, -0.2) is 4.79 Å². The summed E-state index contributed by atoms with van der Waals surface area (Å²) in [5.41, 5.74) is 9.18. The molecular formula is C39H34F3N5O4. The van der Waals surface area contributed by atoms with Gasteiger partial charge in [-0.05, 0) is 59.7 Å². The minimum Gasteiger partial charge on any atom is -0.477 e. The van der Waals surface area contributed by atoms with E-state index in [9.17, 15) is 32.7 Å². The number of alkyl halides is 3. The summed E-state index contributed by atoms with van der Waals surface area (Å²) < 4.78 is 40.1. The van der Waals surface area contributed by atoms with Crippen LogP contribution in [0.25, 0.3) is 22.2 Å². The van der Waals surface area contributed by atoms with Crippen molar-refractivity contribution in [1.82, 2.24) is 14.5 Å². The zero-order valence-electron chi connectivity index (χ0n) is 27.6. The number of likely N-dealkylation sites (N-methyl/N-ethyl adjacent to an activating group) is 1. The van der Waals surface area contributed by atoms with Crippen LogP contribution in [-0.2, 0) is 24.6 Å². The predicted octanol–water partition coefficient (Wildman–Crippen LogP) is 7.55. The Morgan fingerprint density at radius 3 is 2.16 bits per heavy atom. The number of benzene rings is 4. The smallest absolute Gasteiger partial charge is 0.416 e. The molecule has 2 heterocycles. The van der Waals surface area contributed by atoms with E-state index in [0.29, 0.717) is 28.7 Å². The van der Waals surface area contributed by atoms with Gasteiger partial charge in [-0.15, -0.1) is 0 Å². The summed E-state index contributed by atoms with van der Waals surface area (Å²) >= 11 is 0. The number of pyridine rings is 1. The van der Waals surface area contributed by atoms with Gasteiger partial charge in [0.2, 0.25) is 5.91 Å². The molecule has 4 N–H and O–H groups in total. The number of nitrogens with two attached hydrogens (primary N) is 1. The van der Waals surface area contributed by atoms with Crippen molar-refractivity contribution in [2.24, 2.45) is 12.8 Å². The Bertz CT molecular complexity index is 2150. The molecule has 0 aliphatic heterocycles. The zero-order chi connectivity index (χ0) is 36.7. The van der Waals surface area contributed by atoms with Gasteiger partial charge in [-0.2, -0.15) is 13.2 Å². The van der Waals surface area contributed by atoms with Crippen LogP contribution in [0.1, 0.15) is 43.6 Å². The molecule has 2 aromatic heterocycles. The van der Waals surface area contributed by atoms with Gasteiger partial charge in [0.15, 0.2) is 0 Å². The highest BCUT2D eigenvalue weighted by Gasteiger charge is 2.30. The van der Waals surface area contributed by atoms with Gasteiger partial charge in [-0.3, -0.25) is 14.6 Å². The number of nitrogens with one attached hydrogen (secondary N) is 1. The number of carboxylic acid groups (broad SMARTS) is 1. The molecule has 4 aromatic carbocycles. The molecule has 6 rings (SSSR count). The van der Waals surface area contributed by atoms with Crippen molar-refractivity contribution in [3.8, 4) is 11.3 Å². The van der Waals surface area contributed by atoms with Crippen molar-refractivity contribution >= 4 is 34.4 Å². The van der Waals surface area contributed by atoms with Crippen LogP contribution in [-0.4, -0.2) is 44.4 Å². The van der Waals surface area contributed by atoms with Crippen LogP contribution >= 0.6 is 0 Å². The Kier molecular flexibility index (Phi) is 11.0. The Hall–Kier alpha value is -6.27. The van der Waals surface area contributed by atoms with Crippen molar-refractivity contribution in [1.29, 1.82) is 0 Å². The lowest BCUT2D eigenvalue weighted by atomic mass is 10.0. The third-order valence-corrected chi connectivity index (χ3v) is 8.12. The summed E-state index contributed by atoms with van der Waals surface area (Å²) in [5, 5.41) is 12.6. The van der Waals surface area contributed by atoms with Crippen LogP contribution in [0, 0.1) is 0 Å². The highest BCUT2D eigenvalue weighted by atomic mass is 19.4. The van der Waals surface area contributed by atoms with E-state index in [2.05, 4.69) is 10.3 Å². The highest BCUT2D eigenvalue weighted by Crippen LogP contribution is 2.31. The summed E-state index contributed by atoms with van der Waals surface area (Å²) in [7, 11) is 3.41. The quantitative estimate of drug-likeness (QED) is 0.151. The second-order valence-corrected chi connectivity index (χ2v) is 11.7. The Morgan fingerprint density at radius 1 is 0.882 bits per heavy atom. The average Bonchev–Trinajstić information content (AvgIpc) is 3.47. The number of hydrogen-bond acceptors (Lipinski definition) is 5. The number of aryl methyl sites for hydroxylation is 1. The molecule has 2 amide bonds. The number of carbonyl (C=O) groups is 3. The second-order valence-electron chi connectivity index (χ2n) is 11.7. The maximum absolute atomic E-state index is 12.9. The largest absolute Gasteiger partial charge is 0.477 e. The van der Waals surface area contributed by atoms with Gasteiger partial charge in [0.1, 0.15) is 11.7 Å². The third kappa shape index (κ3) is 8.67. The van der Waals surface area contributed by atoms with Crippen molar-refractivity contribution < 1.29 is 32.7 Å². The van der Waals surface area contributed by atoms with Crippen LogP contribution in [0.5, 0.6) is 0 Å². The lowest BCUT2D eigenvalue weighted by molar-refractivity contribution is -0.137. The van der Waals surface area contributed by atoms with Crippen LogP contribution in [0.3, 0.4) is 0 Å². The molecule has 0 aliphatic carbocycles. The minimum atomic E-state index is -4.46. The second kappa shape index (κ2) is 15.5. The van der Waals surface area contributed by atoms with E-state index in [1.807, 2.05) is 60.7 Å². The van der Waals surface area contributed by atoms with Crippen molar-refractivity contribution in [2.75, 3.05) is 12.4 Å². The van der Waals surface area contributed by atoms with Crippen molar-refractivity contribution in [2.45, 2.75) is 18.8 Å². The molecule has 0 radical (unpaired) electrons. The van der Waals surface area contributed by atoms with Crippen LogP contribution in [0.15, 0.2) is 128 Å². The maximum atomic E-state index is 12.9. The van der Waals surface area contributed by atoms with E-state index < -0.39 is 29.7 Å². The molecule has 51 heavy (non-hydrogen) atoms. The lowest BCUT2D eigenvalue weighted by Crippen LogP contribution is -2.35. The first-order valence-corrected chi connectivity index (χ1v) is 15.7. The number of aromatic nitrogens is 2. The summed E-state index contributed by atoms with van der Waals surface area (Å²) in [5.74, 6) is -1.64. The number of anilines is 1. The minimum absolute atomic E-state index is 0.0740. The van der Waals surface area contributed by atoms with E-state index in [4.69, 9.17) is 5.73 Å². The molecule has 0 saturated heterocycles. The first-order chi connectivity index (χ1) is 24.3. The van der Waals surface area contributed by atoms with Crippen molar-refractivity contribution in [3.05, 3.63) is 155 Å². The number of fused-ring (bicyclic) bond motifs is 1. The number of carbonyl (C=O) groups excluding carboxylic acids is 2. The highest BCUT2D eigenvalue weighted by molar-refractivity contribution is 6.09. The van der Waals surface area contributed by atoms with E-state index >= 15 is 0 Å². The molecule has 12 heteroatoms. The number of rotatable bonds is 8. The van der Waals surface area contributed by atoms with Crippen LogP contribution in [0.2, 0.25) is 0 Å². The lowest BCUT2D eigenvalue weighted by Gasteiger charge is -2.21.